The Balaban J connectivity index is 2.78. The molecule has 0 aliphatic heterocycles. The number of hydrogen-bond acceptors (Lipinski definition) is 3. The Morgan fingerprint density at radius 1 is 1.25 bits per heavy atom. The lowest BCUT2D eigenvalue weighted by molar-refractivity contribution is 0.0952. The van der Waals surface area contributed by atoms with Gasteiger partial charge in [-0.15, -0.1) is 0 Å². The highest BCUT2D eigenvalue weighted by Gasteiger charge is 2.13. The molecule has 2 aromatic carbocycles. The normalized spacial score (nSPS) is 10.4. The second-order valence-electron chi connectivity index (χ2n) is 3.45. The smallest absolute Gasteiger partial charge is 0.266 e. The van der Waals surface area contributed by atoms with Gasteiger partial charge in [0.05, 0.1) is 12.2 Å². The third-order valence-electron chi connectivity index (χ3n) is 2.54. The van der Waals surface area contributed by atoms with Crippen LogP contribution in [0.15, 0.2) is 36.4 Å². The second-order valence-corrected chi connectivity index (χ2v) is 3.45. The van der Waals surface area contributed by atoms with Crippen LogP contribution in [0.4, 0.5) is 0 Å². The van der Waals surface area contributed by atoms with Gasteiger partial charge >= 0.3 is 0 Å². The van der Waals surface area contributed by atoms with E-state index in [0.29, 0.717) is 11.1 Å². The number of hydrogen-bond donors (Lipinski definition) is 3. The van der Waals surface area contributed by atoms with Crippen molar-refractivity contribution in [1.82, 2.24) is 5.43 Å². The van der Waals surface area contributed by atoms with Crippen LogP contribution in [-0.4, -0.2) is 11.0 Å². The molecule has 2 aromatic rings. The van der Waals surface area contributed by atoms with Crippen LogP contribution in [-0.2, 0) is 6.61 Å². The van der Waals surface area contributed by atoms with Gasteiger partial charge in [-0.2, -0.15) is 0 Å². The first-order chi connectivity index (χ1) is 7.77. The summed E-state index contributed by atoms with van der Waals surface area (Å²) in [6, 6.07) is 11.1. The fraction of sp³-hybridized carbons (Fsp3) is 0.0833. The molecule has 0 bridgehead atoms. The average Bonchev–Trinajstić information content (AvgIpc) is 2.36. The number of benzene rings is 2. The van der Waals surface area contributed by atoms with Crippen molar-refractivity contribution in [1.29, 1.82) is 0 Å². The van der Waals surface area contributed by atoms with Crippen LogP contribution in [0.2, 0.25) is 0 Å². The molecule has 0 spiro atoms. The fourth-order valence-corrected chi connectivity index (χ4v) is 1.79. The van der Waals surface area contributed by atoms with Crippen molar-refractivity contribution >= 4 is 16.7 Å². The van der Waals surface area contributed by atoms with Gasteiger partial charge < -0.3 is 5.11 Å². The zero-order valence-corrected chi connectivity index (χ0v) is 8.60. The van der Waals surface area contributed by atoms with Crippen LogP contribution in [0.5, 0.6) is 0 Å². The van der Waals surface area contributed by atoms with E-state index < -0.39 is 0 Å². The van der Waals surface area contributed by atoms with Crippen LogP contribution in [0.25, 0.3) is 10.8 Å². The van der Waals surface area contributed by atoms with Gasteiger partial charge in [0.2, 0.25) is 0 Å². The molecule has 1 amide bonds. The lowest BCUT2D eigenvalue weighted by Gasteiger charge is -2.09. The monoisotopic (exact) mass is 216 g/mol. The maximum atomic E-state index is 11.7. The number of rotatable bonds is 2. The Morgan fingerprint density at radius 2 is 2.00 bits per heavy atom. The Kier molecular flexibility index (Phi) is 2.85. The molecule has 4 heteroatoms. The van der Waals surface area contributed by atoms with Gasteiger partial charge in [-0.25, -0.2) is 5.84 Å². The predicted molar refractivity (Wildman–Crippen MR) is 61.5 cm³/mol. The summed E-state index contributed by atoms with van der Waals surface area (Å²) < 4.78 is 0. The average molecular weight is 216 g/mol. The van der Waals surface area contributed by atoms with Crippen LogP contribution in [0.1, 0.15) is 15.9 Å². The van der Waals surface area contributed by atoms with Crippen LogP contribution in [0, 0.1) is 0 Å². The number of carbonyl (C=O) groups is 1. The molecule has 0 saturated heterocycles. The molecule has 4 N–H and O–H groups in total. The summed E-state index contributed by atoms with van der Waals surface area (Å²) >= 11 is 0. The van der Waals surface area contributed by atoms with E-state index in [2.05, 4.69) is 5.43 Å². The Bertz CT molecular complexity index is 538. The molecule has 0 saturated carbocycles. The third kappa shape index (κ3) is 1.64. The molecule has 0 aromatic heterocycles. The van der Waals surface area contributed by atoms with E-state index in [9.17, 15) is 9.90 Å². The molecular formula is C12H12N2O2. The quantitative estimate of drug-likeness (QED) is 0.397. The van der Waals surface area contributed by atoms with E-state index in [-0.39, 0.29) is 12.5 Å². The van der Waals surface area contributed by atoms with Gasteiger partial charge in [0, 0.05) is 0 Å². The van der Waals surface area contributed by atoms with E-state index >= 15 is 0 Å². The topological polar surface area (TPSA) is 75.3 Å². The molecule has 0 aliphatic carbocycles. The second kappa shape index (κ2) is 4.30. The predicted octanol–water partition coefficient (Wildman–Crippen LogP) is 0.936. The molecule has 2 rings (SSSR count). The lowest BCUT2D eigenvalue weighted by Crippen LogP contribution is -2.31. The largest absolute Gasteiger partial charge is 0.392 e. The molecule has 0 radical (unpaired) electrons. The van der Waals surface area contributed by atoms with Crippen molar-refractivity contribution in [2.24, 2.45) is 5.84 Å². The fourth-order valence-electron chi connectivity index (χ4n) is 1.79. The molecule has 0 aliphatic rings. The van der Waals surface area contributed by atoms with Crippen molar-refractivity contribution in [2.45, 2.75) is 6.61 Å². The maximum Gasteiger partial charge on any atom is 0.266 e. The van der Waals surface area contributed by atoms with Gasteiger partial charge in [-0.05, 0) is 16.3 Å². The number of hydrazine groups is 1. The molecule has 4 nitrogen and oxygen atoms in total. The Hall–Kier alpha value is -1.91. The molecule has 0 heterocycles. The maximum absolute atomic E-state index is 11.7. The highest BCUT2D eigenvalue weighted by Crippen LogP contribution is 2.22. The molecule has 82 valence electrons. The van der Waals surface area contributed by atoms with E-state index in [0.717, 1.165) is 10.8 Å². The minimum atomic E-state index is -0.388. The highest BCUT2D eigenvalue weighted by atomic mass is 16.3. The number of aliphatic hydroxyl groups is 1. The van der Waals surface area contributed by atoms with Gasteiger partial charge in [0.25, 0.3) is 5.91 Å². The van der Waals surface area contributed by atoms with E-state index in [1.165, 1.54) is 0 Å². The SMILES string of the molecule is NNC(=O)c1c(CO)ccc2ccccc12. The number of nitrogen functional groups attached to an aromatic ring is 1. The van der Waals surface area contributed by atoms with Crippen LogP contribution in [0.3, 0.4) is 0 Å². The number of amides is 1. The number of carbonyl (C=O) groups excluding carboxylic acids is 1. The molecular weight excluding hydrogens is 204 g/mol. The van der Waals surface area contributed by atoms with Crippen LogP contribution >= 0.6 is 0 Å². The summed E-state index contributed by atoms with van der Waals surface area (Å²) in [7, 11) is 0. The zero-order chi connectivity index (χ0) is 11.5. The molecule has 16 heavy (non-hydrogen) atoms. The summed E-state index contributed by atoms with van der Waals surface area (Å²) in [5.41, 5.74) is 3.10. The molecule has 0 fully saturated rings. The first-order valence-electron chi connectivity index (χ1n) is 4.90. The number of nitrogens with two attached hydrogens (primary N) is 1. The number of fused-ring (bicyclic) bond motifs is 1. The summed E-state index contributed by atoms with van der Waals surface area (Å²) in [4.78, 5) is 11.7. The van der Waals surface area contributed by atoms with Crippen molar-refractivity contribution in [3.63, 3.8) is 0 Å². The van der Waals surface area contributed by atoms with Crippen molar-refractivity contribution in [2.75, 3.05) is 0 Å². The standard InChI is InChI=1S/C12H12N2O2/c13-14-12(16)11-9(7-15)6-5-8-3-1-2-4-10(8)11/h1-6,15H,7,13H2,(H,14,16). The molecule has 0 unspecified atom stereocenters. The van der Waals surface area contributed by atoms with Gasteiger partial charge in [0.15, 0.2) is 0 Å². The number of nitrogens with one attached hydrogen (secondary N) is 1. The summed E-state index contributed by atoms with van der Waals surface area (Å²) in [5.74, 6) is 4.75. The third-order valence-corrected chi connectivity index (χ3v) is 2.54. The zero-order valence-electron chi connectivity index (χ0n) is 8.60. The highest BCUT2D eigenvalue weighted by molar-refractivity contribution is 6.08. The van der Waals surface area contributed by atoms with Crippen molar-refractivity contribution in [3.05, 3.63) is 47.5 Å². The van der Waals surface area contributed by atoms with Gasteiger partial charge in [-0.3, -0.25) is 10.2 Å². The number of aliphatic hydroxyl groups excluding tert-OH is 1. The van der Waals surface area contributed by atoms with E-state index in [1.807, 2.05) is 30.3 Å². The van der Waals surface area contributed by atoms with Crippen molar-refractivity contribution < 1.29 is 9.90 Å². The van der Waals surface area contributed by atoms with Crippen LogP contribution < -0.4 is 11.3 Å². The van der Waals surface area contributed by atoms with Gasteiger partial charge in [-0.1, -0.05) is 36.4 Å². The first-order valence-corrected chi connectivity index (χ1v) is 4.90. The van der Waals surface area contributed by atoms with E-state index in [4.69, 9.17) is 5.84 Å². The summed E-state index contributed by atoms with van der Waals surface area (Å²) in [6.07, 6.45) is 0. The van der Waals surface area contributed by atoms with Crippen molar-refractivity contribution in [3.8, 4) is 0 Å². The lowest BCUT2D eigenvalue weighted by atomic mass is 9.99. The summed E-state index contributed by atoms with van der Waals surface area (Å²) in [6.45, 7) is -0.187. The summed E-state index contributed by atoms with van der Waals surface area (Å²) in [5, 5.41) is 10.9. The minimum Gasteiger partial charge on any atom is -0.392 e. The first kappa shape index (κ1) is 10.6. The van der Waals surface area contributed by atoms with Gasteiger partial charge in [0.1, 0.15) is 0 Å². The Morgan fingerprint density at radius 3 is 2.69 bits per heavy atom. The molecule has 0 atom stereocenters. The Labute approximate surface area is 92.7 Å². The minimum absolute atomic E-state index is 0.187. The van der Waals surface area contributed by atoms with E-state index in [1.54, 1.807) is 6.07 Å².